The standard InChI is InChI=1S/C11H15N2/c1-9-4-6-13-11(7-9)8-10-3-2-5-12-10/h4,6-7,10H,2-3,5,8H2,1H3. The van der Waals surface area contributed by atoms with E-state index < -0.39 is 0 Å². The number of aromatic nitrogens is 1. The Kier molecular flexibility index (Phi) is 2.60. The molecule has 1 saturated heterocycles. The molecule has 0 bridgehead atoms. The van der Waals surface area contributed by atoms with E-state index in [0.717, 1.165) is 13.0 Å². The lowest BCUT2D eigenvalue weighted by Gasteiger charge is -2.07. The highest BCUT2D eigenvalue weighted by molar-refractivity contribution is 5.15. The molecule has 1 atom stereocenters. The first kappa shape index (κ1) is 8.70. The number of hydrogen-bond acceptors (Lipinski definition) is 1. The van der Waals surface area contributed by atoms with Gasteiger partial charge in [0.05, 0.1) is 0 Å². The van der Waals surface area contributed by atoms with Gasteiger partial charge >= 0.3 is 0 Å². The van der Waals surface area contributed by atoms with Gasteiger partial charge in [0, 0.05) is 30.9 Å². The molecule has 1 unspecified atom stereocenters. The molecule has 0 saturated carbocycles. The summed E-state index contributed by atoms with van der Waals surface area (Å²) in [7, 11) is 0. The molecule has 0 aromatic carbocycles. The Balaban J connectivity index is 2.00. The van der Waals surface area contributed by atoms with Gasteiger partial charge in [-0.05, 0) is 37.5 Å². The van der Waals surface area contributed by atoms with Crippen LogP contribution in [-0.2, 0) is 6.42 Å². The minimum atomic E-state index is 0.536. The highest BCUT2D eigenvalue weighted by atomic mass is 14.9. The number of rotatable bonds is 2. The van der Waals surface area contributed by atoms with Crippen molar-refractivity contribution in [3.8, 4) is 0 Å². The predicted octanol–water partition coefficient (Wildman–Crippen LogP) is 1.70. The second-order valence-electron chi connectivity index (χ2n) is 3.73. The Bertz CT molecular complexity index is 277. The summed E-state index contributed by atoms with van der Waals surface area (Å²) >= 11 is 0. The molecule has 0 aliphatic carbocycles. The summed E-state index contributed by atoms with van der Waals surface area (Å²) in [5.74, 6) is 0. The van der Waals surface area contributed by atoms with Crippen molar-refractivity contribution in [3.63, 3.8) is 0 Å². The third kappa shape index (κ3) is 2.28. The van der Waals surface area contributed by atoms with Crippen LogP contribution in [0.5, 0.6) is 0 Å². The molecule has 0 amide bonds. The molecular formula is C11H15N2. The molecule has 1 aliphatic heterocycles. The first-order valence-corrected chi connectivity index (χ1v) is 4.93. The van der Waals surface area contributed by atoms with Crippen molar-refractivity contribution in [1.29, 1.82) is 0 Å². The Morgan fingerprint density at radius 3 is 3.15 bits per heavy atom. The van der Waals surface area contributed by atoms with Crippen molar-refractivity contribution >= 4 is 0 Å². The van der Waals surface area contributed by atoms with E-state index in [1.165, 1.54) is 24.1 Å². The van der Waals surface area contributed by atoms with Crippen molar-refractivity contribution in [3.05, 3.63) is 29.6 Å². The van der Waals surface area contributed by atoms with E-state index >= 15 is 0 Å². The van der Waals surface area contributed by atoms with Gasteiger partial charge < -0.3 is 0 Å². The molecule has 2 nitrogen and oxygen atoms in total. The minimum Gasteiger partial charge on any atom is -0.261 e. The molecule has 2 heteroatoms. The van der Waals surface area contributed by atoms with E-state index in [1.807, 2.05) is 12.3 Å². The first-order valence-electron chi connectivity index (χ1n) is 4.93. The molecule has 13 heavy (non-hydrogen) atoms. The molecule has 1 radical (unpaired) electrons. The molecule has 69 valence electrons. The van der Waals surface area contributed by atoms with Gasteiger partial charge in [-0.25, -0.2) is 5.32 Å². The smallest absolute Gasteiger partial charge is 0.0422 e. The second kappa shape index (κ2) is 3.88. The Morgan fingerprint density at radius 1 is 1.54 bits per heavy atom. The van der Waals surface area contributed by atoms with Gasteiger partial charge in [0.1, 0.15) is 0 Å². The van der Waals surface area contributed by atoms with E-state index in [1.54, 1.807) is 0 Å². The lowest BCUT2D eigenvalue weighted by Crippen LogP contribution is -2.17. The van der Waals surface area contributed by atoms with E-state index in [-0.39, 0.29) is 0 Å². The van der Waals surface area contributed by atoms with Gasteiger partial charge in [-0.2, -0.15) is 0 Å². The van der Waals surface area contributed by atoms with Crippen LogP contribution in [0.4, 0.5) is 0 Å². The topological polar surface area (TPSA) is 27.0 Å². The third-order valence-electron chi connectivity index (χ3n) is 2.50. The molecule has 0 spiro atoms. The fraction of sp³-hybridized carbons (Fsp3) is 0.545. The van der Waals surface area contributed by atoms with Crippen molar-refractivity contribution < 1.29 is 0 Å². The summed E-state index contributed by atoms with van der Waals surface area (Å²) in [4.78, 5) is 4.34. The van der Waals surface area contributed by atoms with Gasteiger partial charge in [0.2, 0.25) is 0 Å². The fourth-order valence-corrected chi connectivity index (χ4v) is 1.81. The zero-order valence-electron chi connectivity index (χ0n) is 8.03. The highest BCUT2D eigenvalue weighted by Crippen LogP contribution is 2.12. The molecular weight excluding hydrogens is 160 g/mol. The normalized spacial score (nSPS) is 22.1. The first-order chi connectivity index (χ1) is 6.34. The summed E-state index contributed by atoms with van der Waals surface area (Å²) < 4.78 is 0. The van der Waals surface area contributed by atoms with Crippen LogP contribution in [-0.4, -0.2) is 17.6 Å². The minimum absolute atomic E-state index is 0.536. The largest absolute Gasteiger partial charge is 0.261 e. The molecule has 1 aliphatic rings. The quantitative estimate of drug-likeness (QED) is 0.672. The maximum absolute atomic E-state index is 4.52. The van der Waals surface area contributed by atoms with E-state index in [4.69, 9.17) is 0 Å². The molecule has 1 aromatic heterocycles. The Hall–Kier alpha value is -0.890. The van der Waals surface area contributed by atoms with Gasteiger partial charge in [-0.1, -0.05) is 0 Å². The Morgan fingerprint density at radius 2 is 2.46 bits per heavy atom. The molecule has 2 heterocycles. The highest BCUT2D eigenvalue weighted by Gasteiger charge is 2.16. The molecule has 0 N–H and O–H groups in total. The Labute approximate surface area is 79.4 Å². The zero-order valence-corrected chi connectivity index (χ0v) is 8.03. The molecule has 1 fully saturated rings. The van der Waals surface area contributed by atoms with Crippen LogP contribution in [0.2, 0.25) is 0 Å². The van der Waals surface area contributed by atoms with E-state index in [0.29, 0.717) is 6.04 Å². The van der Waals surface area contributed by atoms with Crippen LogP contribution in [0.25, 0.3) is 0 Å². The summed E-state index contributed by atoms with van der Waals surface area (Å²) in [5.41, 5.74) is 2.48. The predicted molar refractivity (Wildman–Crippen MR) is 52.7 cm³/mol. The van der Waals surface area contributed by atoms with E-state index in [9.17, 15) is 0 Å². The van der Waals surface area contributed by atoms with Gasteiger partial charge in [0.25, 0.3) is 0 Å². The fourth-order valence-electron chi connectivity index (χ4n) is 1.81. The van der Waals surface area contributed by atoms with Crippen LogP contribution >= 0.6 is 0 Å². The maximum Gasteiger partial charge on any atom is 0.0422 e. The lowest BCUT2D eigenvalue weighted by atomic mass is 10.1. The van der Waals surface area contributed by atoms with Crippen LogP contribution in [0.15, 0.2) is 18.3 Å². The van der Waals surface area contributed by atoms with Gasteiger partial charge in [-0.15, -0.1) is 0 Å². The van der Waals surface area contributed by atoms with Crippen molar-refractivity contribution in [2.45, 2.75) is 32.2 Å². The van der Waals surface area contributed by atoms with Crippen molar-refractivity contribution in [1.82, 2.24) is 10.3 Å². The van der Waals surface area contributed by atoms with Crippen LogP contribution < -0.4 is 5.32 Å². The maximum atomic E-state index is 4.52. The molecule has 2 rings (SSSR count). The zero-order chi connectivity index (χ0) is 9.10. The second-order valence-corrected chi connectivity index (χ2v) is 3.73. The average molecular weight is 175 g/mol. The number of hydrogen-bond donors (Lipinski definition) is 0. The van der Waals surface area contributed by atoms with E-state index in [2.05, 4.69) is 23.3 Å². The van der Waals surface area contributed by atoms with Gasteiger partial charge in [-0.3, -0.25) is 4.98 Å². The average Bonchev–Trinajstić information content (AvgIpc) is 2.57. The lowest BCUT2D eigenvalue weighted by molar-refractivity contribution is 0.585. The number of nitrogens with zero attached hydrogens (tertiary/aromatic N) is 2. The van der Waals surface area contributed by atoms with Gasteiger partial charge in [0.15, 0.2) is 0 Å². The van der Waals surface area contributed by atoms with Crippen molar-refractivity contribution in [2.75, 3.05) is 6.54 Å². The summed E-state index contributed by atoms with van der Waals surface area (Å²) in [5, 5.41) is 4.52. The molecule has 1 aromatic rings. The number of aryl methyl sites for hydroxylation is 1. The van der Waals surface area contributed by atoms with Crippen LogP contribution in [0, 0.1) is 6.92 Å². The third-order valence-corrected chi connectivity index (χ3v) is 2.50. The SMILES string of the molecule is Cc1ccnc(CC2CCC[N]2)c1. The van der Waals surface area contributed by atoms with Crippen LogP contribution in [0.3, 0.4) is 0 Å². The number of pyridine rings is 1. The summed E-state index contributed by atoms with van der Waals surface area (Å²) in [6, 6.07) is 4.73. The van der Waals surface area contributed by atoms with Crippen molar-refractivity contribution in [2.24, 2.45) is 0 Å². The monoisotopic (exact) mass is 175 g/mol. The summed E-state index contributed by atoms with van der Waals surface area (Å²) in [6.45, 7) is 3.16. The van der Waals surface area contributed by atoms with Crippen LogP contribution in [0.1, 0.15) is 24.1 Å². The summed E-state index contributed by atoms with van der Waals surface area (Å²) in [6.07, 6.45) is 5.42.